The number of amides is 1. The monoisotopic (exact) mass is 984 g/mol. The lowest BCUT2D eigenvalue weighted by atomic mass is 10.0. The quantitative estimate of drug-likeness (QED) is 0.0356. The summed E-state index contributed by atoms with van der Waals surface area (Å²) in [6, 6.07) is -0.820. The smallest absolute Gasteiger partial charge is 0.391 e. The summed E-state index contributed by atoms with van der Waals surface area (Å²) >= 11 is 0. The minimum absolute atomic E-state index is 0.184. The summed E-state index contributed by atoms with van der Waals surface area (Å²) in [7, 11) is -4.70. The average molecular weight is 985 g/mol. The number of rotatable bonds is 59. The van der Waals surface area contributed by atoms with Crippen LogP contribution in [0.1, 0.15) is 361 Å². The van der Waals surface area contributed by atoms with Crippen molar-refractivity contribution in [1.82, 2.24) is 5.32 Å². The van der Waals surface area contributed by atoms with Crippen molar-refractivity contribution < 1.29 is 28.8 Å². The van der Waals surface area contributed by atoms with Gasteiger partial charge in [0, 0.05) is 6.42 Å². The van der Waals surface area contributed by atoms with E-state index in [1.165, 1.54) is 295 Å². The van der Waals surface area contributed by atoms with E-state index in [1.54, 1.807) is 0 Å². The Morgan fingerprint density at radius 2 is 0.574 bits per heavy atom. The van der Waals surface area contributed by atoms with Crippen molar-refractivity contribution in [2.75, 3.05) is 6.61 Å². The zero-order valence-electron chi connectivity index (χ0n) is 46.1. The number of nitrogens with one attached hydrogen (secondary N) is 1. The SMILES string of the molecule is CCCCCCCCCCCCCCCCCCCCCCCCCCCCCCCCCCCCCC(=O)N[C@@H](COP(=O)(O)O)[C@H](O)CCCCCCCCCCCCCCCCCCC. The number of carbonyl (C=O) groups is 1. The fourth-order valence-corrected chi connectivity index (χ4v) is 10.5. The van der Waals surface area contributed by atoms with E-state index in [0.29, 0.717) is 12.8 Å². The maximum Gasteiger partial charge on any atom is 0.469 e. The number of carbonyl (C=O) groups excluding carboxylic acids is 1. The number of phosphoric ester groups is 1. The predicted octanol–water partition coefficient (Wildman–Crippen LogP) is 20.0. The van der Waals surface area contributed by atoms with Crippen molar-refractivity contribution in [2.24, 2.45) is 0 Å². The van der Waals surface area contributed by atoms with Gasteiger partial charge in [-0.15, -0.1) is 0 Å². The van der Waals surface area contributed by atoms with Crippen LogP contribution in [0.5, 0.6) is 0 Å². The second-order valence-corrected chi connectivity index (χ2v) is 23.0. The molecule has 0 aliphatic carbocycles. The average Bonchev–Trinajstić information content (AvgIpc) is 3.32. The maximum absolute atomic E-state index is 12.7. The Morgan fingerprint density at radius 3 is 0.794 bits per heavy atom. The first-order chi connectivity index (χ1) is 33.3. The van der Waals surface area contributed by atoms with E-state index in [0.717, 1.165) is 38.5 Å². The van der Waals surface area contributed by atoms with Gasteiger partial charge in [0.05, 0.1) is 18.8 Å². The van der Waals surface area contributed by atoms with Crippen LogP contribution in [-0.4, -0.2) is 39.6 Å². The first-order valence-electron chi connectivity index (χ1n) is 31.0. The van der Waals surface area contributed by atoms with E-state index in [-0.39, 0.29) is 5.91 Å². The van der Waals surface area contributed by atoms with Crippen LogP contribution in [0.25, 0.3) is 0 Å². The Kier molecular flexibility index (Phi) is 55.5. The van der Waals surface area contributed by atoms with Crippen LogP contribution in [0, 0.1) is 0 Å². The second kappa shape index (κ2) is 55.8. The van der Waals surface area contributed by atoms with E-state index in [4.69, 9.17) is 4.52 Å². The highest BCUT2D eigenvalue weighted by Gasteiger charge is 2.25. The second-order valence-electron chi connectivity index (χ2n) is 21.7. The molecule has 0 aromatic rings. The van der Waals surface area contributed by atoms with Gasteiger partial charge in [0.1, 0.15) is 0 Å². The summed E-state index contributed by atoms with van der Waals surface area (Å²) in [5, 5.41) is 13.6. The number of hydrogen-bond acceptors (Lipinski definition) is 4. The molecule has 2 atom stereocenters. The molecule has 8 heteroatoms. The van der Waals surface area contributed by atoms with Gasteiger partial charge in [-0.05, 0) is 12.8 Å². The highest BCUT2D eigenvalue weighted by Crippen LogP contribution is 2.36. The van der Waals surface area contributed by atoms with Crippen LogP contribution in [0.4, 0.5) is 0 Å². The van der Waals surface area contributed by atoms with Crippen LogP contribution in [0.2, 0.25) is 0 Å². The molecule has 408 valence electrons. The molecule has 0 spiro atoms. The van der Waals surface area contributed by atoms with Gasteiger partial charge in [-0.25, -0.2) is 4.57 Å². The molecule has 0 fully saturated rings. The molecule has 4 N–H and O–H groups in total. The summed E-state index contributed by atoms with van der Waals surface area (Å²) in [6.45, 7) is 4.18. The number of hydrogen-bond donors (Lipinski definition) is 4. The standard InChI is InChI=1S/C60H122NO6P/c1-3-5-7-9-11-13-15-17-19-21-22-23-24-25-26-27-28-29-30-31-32-33-34-35-36-37-38-40-42-44-46-48-50-52-54-56-60(63)61-58(57-67-68(64,65)66)59(62)55-53-51-49-47-45-43-41-39-20-18-16-14-12-10-8-6-4-2/h58-59,62H,3-57H2,1-2H3,(H,61,63)(H2,64,65,66)/t58-,59+/m0/s1. The maximum atomic E-state index is 12.7. The van der Waals surface area contributed by atoms with Crippen molar-refractivity contribution in [1.29, 1.82) is 0 Å². The van der Waals surface area contributed by atoms with Gasteiger partial charge in [0.15, 0.2) is 0 Å². The first-order valence-corrected chi connectivity index (χ1v) is 32.5. The Labute approximate surface area is 425 Å². The Balaban J connectivity index is 3.59. The zero-order valence-corrected chi connectivity index (χ0v) is 47.0. The highest BCUT2D eigenvalue weighted by atomic mass is 31.2. The molecule has 0 unspecified atom stereocenters. The van der Waals surface area contributed by atoms with E-state index in [1.807, 2.05) is 0 Å². The van der Waals surface area contributed by atoms with Gasteiger partial charge in [0.2, 0.25) is 5.91 Å². The van der Waals surface area contributed by atoms with Crippen molar-refractivity contribution in [3.8, 4) is 0 Å². The van der Waals surface area contributed by atoms with Crippen molar-refractivity contribution in [3.05, 3.63) is 0 Å². The van der Waals surface area contributed by atoms with E-state index < -0.39 is 26.6 Å². The van der Waals surface area contributed by atoms with Crippen LogP contribution < -0.4 is 5.32 Å². The number of unbranched alkanes of at least 4 members (excludes halogenated alkanes) is 50. The molecular formula is C60H122NO6P. The molecule has 0 saturated carbocycles. The zero-order chi connectivity index (χ0) is 49.5. The highest BCUT2D eigenvalue weighted by molar-refractivity contribution is 7.46. The number of aliphatic hydroxyl groups excluding tert-OH is 1. The van der Waals surface area contributed by atoms with E-state index in [9.17, 15) is 24.3 Å². The van der Waals surface area contributed by atoms with Gasteiger partial charge in [-0.3, -0.25) is 9.32 Å². The summed E-state index contributed by atoms with van der Waals surface area (Å²) in [6.07, 6.45) is 70.2. The topological polar surface area (TPSA) is 116 Å². The Bertz CT molecular complexity index is 1020. The molecule has 7 nitrogen and oxygen atoms in total. The van der Waals surface area contributed by atoms with Crippen molar-refractivity contribution in [3.63, 3.8) is 0 Å². The van der Waals surface area contributed by atoms with E-state index in [2.05, 4.69) is 19.2 Å². The molecule has 0 aromatic carbocycles. The van der Waals surface area contributed by atoms with Gasteiger partial charge in [0.25, 0.3) is 0 Å². The molecule has 0 aromatic heterocycles. The first kappa shape index (κ1) is 67.5. The summed E-state index contributed by atoms with van der Waals surface area (Å²) in [4.78, 5) is 31.2. The molecular weight excluding hydrogens is 862 g/mol. The third-order valence-electron chi connectivity index (χ3n) is 14.8. The number of phosphoric acid groups is 1. The molecule has 68 heavy (non-hydrogen) atoms. The summed E-state index contributed by atoms with van der Waals surface area (Å²) < 4.78 is 16.1. The van der Waals surface area contributed by atoms with Crippen LogP contribution in [0.3, 0.4) is 0 Å². The van der Waals surface area contributed by atoms with Gasteiger partial charge in [-0.2, -0.15) is 0 Å². The van der Waals surface area contributed by atoms with Gasteiger partial charge < -0.3 is 20.2 Å². The van der Waals surface area contributed by atoms with Crippen LogP contribution in [0.15, 0.2) is 0 Å². The molecule has 0 heterocycles. The fraction of sp³-hybridized carbons (Fsp3) is 0.983. The minimum atomic E-state index is -4.70. The molecule has 0 saturated heterocycles. The minimum Gasteiger partial charge on any atom is -0.391 e. The fourth-order valence-electron chi connectivity index (χ4n) is 10.2. The van der Waals surface area contributed by atoms with Crippen molar-refractivity contribution in [2.45, 2.75) is 373 Å². The summed E-state index contributed by atoms with van der Waals surface area (Å²) in [5.41, 5.74) is 0. The third-order valence-corrected chi connectivity index (χ3v) is 15.3. The Hall–Kier alpha value is -0.460. The van der Waals surface area contributed by atoms with Gasteiger partial charge in [-0.1, -0.05) is 341 Å². The lowest BCUT2D eigenvalue weighted by Crippen LogP contribution is -2.46. The van der Waals surface area contributed by atoms with Gasteiger partial charge >= 0.3 is 7.82 Å². The van der Waals surface area contributed by atoms with Crippen molar-refractivity contribution >= 4 is 13.7 Å². The third kappa shape index (κ3) is 56.5. The molecule has 0 radical (unpaired) electrons. The molecule has 0 aliphatic heterocycles. The largest absolute Gasteiger partial charge is 0.469 e. The van der Waals surface area contributed by atoms with Crippen LogP contribution >= 0.6 is 7.82 Å². The predicted molar refractivity (Wildman–Crippen MR) is 297 cm³/mol. The lowest BCUT2D eigenvalue weighted by molar-refractivity contribution is -0.123. The Morgan fingerprint density at radius 1 is 0.368 bits per heavy atom. The summed E-state index contributed by atoms with van der Waals surface area (Å²) in [5.74, 6) is -0.184. The van der Waals surface area contributed by atoms with E-state index >= 15 is 0 Å². The molecule has 0 bridgehead atoms. The lowest BCUT2D eigenvalue weighted by Gasteiger charge is -2.24. The normalized spacial score (nSPS) is 12.8. The molecule has 0 aliphatic rings. The molecule has 1 amide bonds. The number of aliphatic hydroxyl groups is 1. The molecule has 0 rings (SSSR count). The van der Waals surface area contributed by atoms with Crippen LogP contribution in [-0.2, 0) is 13.9 Å².